The van der Waals surface area contributed by atoms with Crippen molar-refractivity contribution in [1.82, 2.24) is 0 Å². The average molecular weight is 549 g/mol. The summed E-state index contributed by atoms with van der Waals surface area (Å²) in [6.45, 7) is 4.87. The SMILES string of the molecule is CC1(C)C(/C=C/c2cc3cc4c(cc3oc2=O)C#CCCSC4)=[N+](CCCCS(=O)(=O)O)c2ccccc21. The predicted octanol–water partition coefficient (Wildman–Crippen LogP) is 5.54. The molecule has 3 heterocycles. The van der Waals surface area contributed by atoms with Gasteiger partial charge in [0.05, 0.1) is 16.7 Å². The number of para-hydroxylation sites is 1. The van der Waals surface area contributed by atoms with Gasteiger partial charge in [-0.15, -0.1) is 0 Å². The van der Waals surface area contributed by atoms with Crippen molar-refractivity contribution in [3.8, 4) is 11.8 Å². The van der Waals surface area contributed by atoms with Crippen LogP contribution in [0.25, 0.3) is 17.0 Å². The molecule has 8 heteroatoms. The maximum absolute atomic E-state index is 12.9. The monoisotopic (exact) mass is 548 g/mol. The van der Waals surface area contributed by atoms with Crippen molar-refractivity contribution < 1.29 is 22.0 Å². The van der Waals surface area contributed by atoms with E-state index in [-0.39, 0.29) is 11.2 Å². The van der Waals surface area contributed by atoms with Gasteiger partial charge in [0.2, 0.25) is 5.69 Å². The molecule has 0 radical (unpaired) electrons. The molecule has 1 aromatic heterocycles. The van der Waals surface area contributed by atoms with Gasteiger partial charge in [-0.1, -0.05) is 30.0 Å². The molecule has 0 saturated heterocycles. The molecule has 196 valence electrons. The second-order valence-corrected chi connectivity index (χ2v) is 12.8. The number of fused-ring (bicyclic) bond motifs is 3. The minimum Gasteiger partial charge on any atom is -0.422 e. The molecule has 5 rings (SSSR count). The van der Waals surface area contributed by atoms with Crippen molar-refractivity contribution in [3.05, 3.63) is 81.2 Å². The molecule has 2 aliphatic heterocycles. The van der Waals surface area contributed by atoms with Crippen molar-refractivity contribution in [3.63, 3.8) is 0 Å². The lowest BCUT2D eigenvalue weighted by molar-refractivity contribution is -0.438. The molecular formula is C30H30NO5S2+. The van der Waals surface area contributed by atoms with Crippen LogP contribution < -0.4 is 5.63 Å². The number of unbranched alkanes of at least 4 members (excludes halogenated alkanes) is 1. The van der Waals surface area contributed by atoms with Gasteiger partial charge in [-0.2, -0.15) is 24.8 Å². The fraction of sp³-hybridized carbons (Fsp3) is 0.333. The average Bonchev–Trinajstić information content (AvgIpc) is 3.06. The summed E-state index contributed by atoms with van der Waals surface area (Å²) >= 11 is 1.85. The molecule has 0 fully saturated rings. The first-order valence-corrected chi connectivity index (χ1v) is 15.4. The molecule has 6 nitrogen and oxygen atoms in total. The number of nitrogens with zero attached hydrogens (tertiary/aromatic N) is 1. The van der Waals surface area contributed by atoms with E-state index >= 15 is 0 Å². The number of allylic oxidation sites excluding steroid dienone is 1. The Balaban J connectivity index is 1.51. The molecule has 0 atom stereocenters. The molecule has 0 spiro atoms. The standard InChI is InChI=1S/C30H29NO5S2/c1-30(2)25-10-3-4-11-26(25)31(14-6-8-16-38(33,34)35)28(30)13-12-22-17-23-18-24-20-37-15-7-5-9-21(24)19-27(23)36-29(22)32/h3-4,10-13,17-19H,6-8,14-16,20H2,1-2H3/p+1/b13-12+. The van der Waals surface area contributed by atoms with E-state index in [9.17, 15) is 13.2 Å². The molecule has 1 N–H and O–H groups in total. The third kappa shape index (κ3) is 5.51. The zero-order valence-electron chi connectivity index (χ0n) is 21.5. The van der Waals surface area contributed by atoms with Crippen LogP contribution in [0.3, 0.4) is 0 Å². The maximum Gasteiger partial charge on any atom is 0.343 e. The first-order chi connectivity index (χ1) is 18.1. The summed E-state index contributed by atoms with van der Waals surface area (Å²) in [7, 11) is -3.99. The van der Waals surface area contributed by atoms with E-state index in [4.69, 9.17) is 8.97 Å². The van der Waals surface area contributed by atoms with Crippen LogP contribution in [-0.2, 0) is 21.3 Å². The van der Waals surface area contributed by atoms with Crippen LogP contribution in [0.15, 0.2) is 57.8 Å². The van der Waals surface area contributed by atoms with Gasteiger partial charge in [0.1, 0.15) is 12.1 Å². The van der Waals surface area contributed by atoms with Crippen LogP contribution >= 0.6 is 11.8 Å². The van der Waals surface area contributed by atoms with E-state index in [1.165, 1.54) is 0 Å². The highest BCUT2D eigenvalue weighted by Gasteiger charge is 2.43. The molecule has 2 aliphatic rings. The molecule has 0 unspecified atom stereocenters. The summed E-state index contributed by atoms with van der Waals surface area (Å²) in [6, 6.07) is 14.0. The molecule has 0 amide bonds. The zero-order valence-corrected chi connectivity index (χ0v) is 23.1. The largest absolute Gasteiger partial charge is 0.422 e. The van der Waals surface area contributed by atoms with Crippen molar-refractivity contribution >= 4 is 50.3 Å². The number of hydrogen-bond donors (Lipinski definition) is 1. The lowest BCUT2D eigenvalue weighted by Gasteiger charge is -2.15. The summed E-state index contributed by atoms with van der Waals surface area (Å²) in [5, 5.41) is 0.868. The minimum atomic E-state index is -3.99. The molecule has 38 heavy (non-hydrogen) atoms. The van der Waals surface area contributed by atoms with E-state index in [1.54, 1.807) is 0 Å². The zero-order chi connectivity index (χ0) is 26.9. The molecule has 0 aliphatic carbocycles. The molecular weight excluding hydrogens is 518 g/mol. The van der Waals surface area contributed by atoms with E-state index in [0.717, 1.165) is 51.4 Å². The highest BCUT2D eigenvalue weighted by molar-refractivity contribution is 7.98. The third-order valence-electron chi connectivity index (χ3n) is 7.09. The van der Waals surface area contributed by atoms with Crippen LogP contribution in [0, 0.1) is 11.8 Å². The van der Waals surface area contributed by atoms with Gasteiger partial charge in [0.25, 0.3) is 10.1 Å². The first-order valence-electron chi connectivity index (χ1n) is 12.7. The molecule has 0 saturated carbocycles. The number of thioether (sulfide) groups is 1. The lowest BCUT2D eigenvalue weighted by atomic mass is 9.81. The number of rotatable bonds is 7. The van der Waals surface area contributed by atoms with Gasteiger partial charge in [0.15, 0.2) is 5.71 Å². The van der Waals surface area contributed by atoms with Gasteiger partial charge in [-0.25, -0.2) is 4.79 Å². The predicted molar refractivity (Wildman–Crippen MR) is 154 cm³/mol. The van der Waals surface area contributed by atoms with Crippen LogP contribution in [0.5, 0.6) is 0 Å². The molecule has 3 aromatic rings. The minimum absolute atomic E-state index is 0.261. The highest BCUT2D eigenvalue weighted by Crippen LogP contribution is 2.40. The van der Waals surface area contributed by atoms with Gasteiger partial charge in [-0.3, -0.25) is 4.55 Å². The number of benzene rings is 2. The summed E-state index contributed by atoms with van der Waals surface area (Å²) in [5.74, 6) is 8.01. The van der Waals surface area contributed by atoms with E-state index < -0.39 is 15.7 Å². The fourth-order valence-corrected chi connectivity index (χ4v) is 6.57. The summed E-state index contributed by atoms with van der Waals surface area (Å²) in [6.07, 6.45) is 5.58. The van der Waals surface area contributed by atoms with Crippen LogP contribution in [0.1, 0.15) is 55.4 Å². The normalized spacial score (nSPS) is 16.6. The topological polar surface area (TPSA) is 87.6 Å². The van der Waals surface area contributed by atoms with Crippen molar-refractivity contribution in [2.75, 3.05) is 18.1 Å². The van der Waals surface area contributed by atoms with Crippen LogP contribution in [0.4, 0.5) is 5.69 Å². The Hall–Kier alpha value is -3.12. The van der Waals surface area contributed by atoms with Gasteiger partial charge in [-0.05, 0) is 50.1 Å². The van der Waals surface area contributed by atoms with Gasteiger partial charge < -0.3 is 4.42 Å². The van der Waals surface area contributed by atoms with Gasteiger partial charge >= 0.3 is 5.63 Å². The Bertz CT molecular complexity index is 1700. The second kappa shape index (κ2) is 10.6. The number of hydrogen-bond acceptors (Lipinski definition) is 5. The van der Waals surface area contributed by atoms with Crippen LogP contribution in [-0.4, -0.2) is 41.3 Å². The smallest absolute Gasteiger partial charge is 0.343 e. The quantitative estimate of drug-likeness (QED) is 0.137. The van der Waals surface area contributed by atoms with E-state index in [1.807, 2.05) is 48.2 Å². The lowest BCUT2D eigenvalue weighted by Crippen LogP contribution is -2.28. The third-order valence-corrected chi connectivity index (χ3v) is 8.90. The van der Waals surface area contributed by atoms with Crippen LogP contribution in [0.2, 0.25) is 0 Å². The molecule has 0 bridgehead atoms. The Morgan fingerprint density at radius 3 is 2.79 bits per heavy atom. The van der Waals surface area contributed by atoms with Gasteiger partial charge in [0, 0.05) is 53.0 Å². The fourth-order valence-electron chi connectivity index (χ4n) is 5.15. The first kappa shape index (κ1) is 26.5. The Morgan fingerprint density at radius 2 is 1.97 bits per heavy atom. The van der Waals surface area contributed by atoms with E-state index in [0.29, 0.717) is 30.5 Å². The summed E-state index contributed by atoms with van der Waals surface area (Å²) in [5.41, 5.74) is 5.58. The Morgan fingerprint density at radius 1 is 1.16 bits per heavy atom. The van der Waals surface area contributed by atoms with Crippen molar-refractivity contribution in [1.29, 1.82) is 0 Å². The summed E-state index contributed by atoms with van der Waals surface area (Å²) in [4.78, 5) is 12.9. The Kier molecular flexibility index (Phi) is 7.36. The van der Waals surface area contributed by atoms with E-state index in [2.05, 4.69) is 48.5 Å². The highest BCUT2D eigenvalue weighted by atomic mass is 32.2. The maximum atomic E-state index is 12.9. The van der Waals surface area contributed by atoms with Crippen molar-refractivity contribution in [2.24, 2.45) is 0 Å². The molecule has 2 aromatic carbocycles. The van der Waals surface area contributed by atoms with Crippen molar-refractivity contribution in [2.45, 2.75) is 44.3 Å². The Labute approximate surface area is 227 Å². The summed E-state index contributed by atoms with van der Waals surface area (Å²) < 4.78 is 39.3. The second-order valence-electron chi connectivity index (χ2n) is 10.1.